The molecule has 7 heteroatoms. The van der Waals surface area contributed by atoms with Crippen molar-refractivity contribution in [1.29, 1.82) is 0 Å². The van der Waals surface area contributed by atoms with Crippen LogP contribution < -0.4 is 4.90 Å². The maximum atomic E-state index is 13.0. The topological polar surface area (TPSA) is 59.3 Å². The molecule has 1 aromatic heterocycles. The quantitative estimate of drug-likeness (QED) is 0.589. The van der Waals surface area contributed by atoms with Gasteiger partial charge in [0.15, 0.2) is 0 Å². The van der Waals surface area contributed by atoms with Crippen LogP contribution in [0.15, 0.2) is 12.1 Å². The minimum atomic E-state index is -2.70. The fourth-order valence-corrected chi connectivity index (χ4v) is 1.84. The Balaban J connectivity index is 2.24. The molecule has 0 atom stereocenters. The lowest BCUT2D eigenvalue weighted by Gasteiger charge is -2.17. The number of halogens is 2. The largest absolute Gasteiger partial charge is 0.350 e. The Morgan fingerprint density at radius 2 is 2.24 bits per heavy atom. The highest BCUT2D eigenvalue weighted by atomic mass is 19.3. The molecule has 17 heavy (non-hydrogen) atoms. The summed E-state index contributed by atoms with van der Waals surface area (Å²) in [7, 11) is 0. The van der Waals surface area contributed by atoms with Gasteiger partial charge in [-0.1, -0.05) is 0 Å². The van der Waals surface area contributed by atoms with Crippen molar-refractivity contribution in [1.82, 2.24) is 4.98 Å². The first-order chi connectivity index (χ1) is 7.89. The smallest absolute Gasteiger partial charge is 0.290 e. The molecule has 1 aromatic rings. The van der Waals surface area contributed by atoms with Crippen LogP contribution in [0, 0.1) is 17.0 Å². The molecule has 0 radical (unpaired) electrons. The van der Waals surface area contributed by atoms with E-state index in [1.807, 2.05) is 0 Å². The summed E-state index contributed by atoms with van der Waals surface area (Å²) in [5, 5.41) is 10.6. The molecule has 1 aliphatic rings. The van der Waals surface area contributed by atoms with E-state index in [0.717, 1.165) is 0 Å². The summed E-state index contributed by atoms with van der Waals surface area (Å²) in [6, 6.07) is 2.71. The molecular formula is C10H11F2N3O2. The van der Waals surface area contributed by atoms with Crippen LogP contribution in [0.25, 0.3) is 0 Å². The van der Waals surface area contributed by atoms with Gasteiger partial charge in [0, 0.05) is 19.0 Å². The van der Waals surface area contributed by atoms with Gasteiger partial charge in [0.25, 0.3) is 11.6 Å². The normalized spacial score (nSPS) is 18.4. The highest BCUT2D eigenvalue weighted by molar-refractivity contribution is 5.47. The fraction of sp³-hybridized carbons (Fsp3) is 0.500. The van der Waals surface area contributed by atoms with Gasteiger partial charge in [0.05, 0.1) is 11.5 Å². The van der Waals surface area contributed by atoms with Crippen molar-refractivity contribution in [2.24, 2.45) is 0 Å². The zero-order valence-corrected chi connectivity index (χ0v) is 9.19. The monoisotopic (exact) mass is 243 g/mol. The maximum absolute atomic E-state index is 13.0. The molecule has 0 spiro atoms. The third-order valence-corrected chi connectivity index (χ3v) is 2.73. The average Bonchev–Trinajstić information content (AvgIpc) is 2.58. The van der Waals surface area contributed by atoms with Gasteiger partial charge >= 0.3 is 0 Å². The van der Waals surface area contributed by atoms with Crippen molar-refractivity contribution < 1.29 is 13.7 Å². The van der Waals surface area contributed by atoms with Gasteiger partial charge in [0.1, 0.15) is 11.5 Å². The van der Waals surface area contributed by atoms with Crippen molar-refractivity contribution in [3.8, 4) is 0 Å². The van der Waals surface area contributed by atoms with Crippen molar-refractivity contribution in [2.75, 3.05) is 18.0 Å². The van der Waals surface area contributed by atoms with E-state index in [2.05, 4.69) is 4.98 Å². The van der Waals surface area contributed by atoms with E-state index in [0.29, 0.717) is 5.82 Å². The number of hydrogen-bond donors (Lipinski definition) is 0. The van der Waals surface area contributed by atoms with Gasteiger partial charge in [-0.15, -0.1) is 0 Å². The second-order valence-electron chi connectivity index (χ2n) is 4.06. The zero-order valence-electron chi connectivity index (χ0n) is 9.19. The molecule has 5 nitrogen and oxygen atoms in total. The van der Waals surface area contributed by atoms with Crippen LogP contribution in [-0.4, -0.2) is 28.9 Å². The van der Waals surface area contributed by atoms with Gasteiger partial charge < -0.3 is 4.90 Å². The first kappa shape index (κ1) is 11.7. The zero-order chi connectivity index (χ0) is 12.6. The van der Waals surface area contributed by atoms with E-state index in [1.54, 1.807) is 0 Å². The fourth-order valence-electron chi connectivity index (χ4n) is 1.84. The number of rotatable bonds is 2. The van der Waals surface area contributed by atoms with E-state index in [4.69, 9.17) is 0 Å². The van der Waals surface area contributed by atoms with Crippen LogP contribution in [0.2, 0.25) is 0 Å². The predicted molar refractivity (Wildman–Crippen MR) is 57.4 cm³/mol. The third kappa shape index (κ3) is 2.32. The Morgan fingerprint density at radius 3 is 2.71 bits per heavy atom. The van der Waals surface area contributed by atoms with E-state index in [9.17, 15) is 18.9 Å². The number of hydrogen-bond acceptors (Lipinski definition) is 4. The molecule has 0 amide bonds. The lowest BCUT2D eigenvalue weighted by molar-refractivity contribution is -0.385. The first-order valence-corrected chi connectivity index (χ1v) is 5.14. The summed E-state index contributed by atoms with van der Waals surface area (Å²) < 4.78 is 26.0. The number of nitrogens with zero attached hydrogens (tertiary/aromatic N) is 3. The van der Waals surface area contributed by atoms with Gasteiger partial charge in [-0.2, -0.15) is 0 Å². The molecule has 0 aromatic carbocycles. The summed E-state index contributed by atoms with van der Waals surface area (Å²) in [4.78, 5) is 15.5. The number of alkyl halides is 2. The van der Waals surface area contributed by atoms with Crippen molar-refractivity contribution in [3.05, 3.63) is 27.9 Å². The molecule has 1 saturated heterocycles. The van der Waals surface area contributed by atoms with E-state index < -0.39 is 10.8 Å². The molecule has 0 bridgehead atoms. The highest BCUT2D eigenvalue weighted by Crippen LogP contribution is 2.30. The molecule has 0 saturated carbocycles. The number of aryl methyl sites for hydroxylation is 1. The Labute approximate surface area is 96.2 Å². The van der Waals surface area contributed by atoms with Crippen LogP contribution in [0.5, 0.6) is 0 Å². The molecule has 0 N–H and O–H groups in total. The summed E-state index contributed by atoms with van der Waals surface area (Å²) in [6.07, 6.45) is -0.204. The third-order valence-electron chi connectivity index (χ3n) is 2.73. The lowest BCUT2D eigenvalue weighted by atomic mass is 10.3. The standard InChI is InChI=1S/C10H11F2N3O2/c1-7-8(15(16)17)2-3-9(13-7)14-5-4-10(11,12)6-14/h2-3H,4-6H2,1H3. The Bertz CT molecular complexity index is 465. The Morgan fingerprint density at radius 1 is 1.53 bits per heavy atom. The molecular weight excluding hydrogens is 232 g/mol. The highest BCUT2D eigenvalue weighted by Gasteiger charge is 2.38. The molecule has 2 rings (SSSR count). The van der Waals surface area contributed by atoms with Crippen molar-refractivity contribution in [2.45, 2.75) is 19.3 Å². The predicted octanol–water partition coefficient (Wildman–Crippen LogP) is 2.14. The van der Waals surface area contributed by atoms with Gasteiger partial charge in [-0.25, -0.2) is 13.8 Å². The lowest BCUT2D eigenvalue weighted by Crippen LogP contribution is -2.25. The van der Waals surface area contributed by atoms with Crippen LogP contribution in [0.3, 0.4) is 0 Å². The van der Waals surface area contributed by atoms with Crippen LogP contribution in [0.4, 0.5) is 20.3 Å². The number of anilines is 1. The van der Waals surface area contributed by atoms with Crippen LogP contribution >= 0.6 is 0 Å². The van der Waals surface area contributed by atoms with E-state index >= 15 is 0 Å². The van der Waals surface area contributed by atoms with E-state index in [-0.39, 0.29) is 30.9 Å². The van der Waals surface area contributed by atoms with Gasteiger partial charge in [0.2, 0.25) is 0 Å². The van der Waals surface area contributed by atoms with Crippen molar-refractivity contribution >= 4 is 11.5 Å². The SMILES string of the molecule is Cc1nc(N2CCC(F)(F)C2)ccc1[N+](=O)[O-]. The maximum Gasteiger partial charge on any atom is 0.290 e. The molecule has 0 unspecified atom stereocenters. The summed E-state index contributed by atoms with van der Waals surface area (Å²) in [6.45, 7) is 1.34. The second kappa shape index (κ2) is 3.90. The molecule has 92 valence electrons. The minimum Gasteiger partial charge on any atom is -0.350 e. The van der Waals surface area contributed by atoms with Crippen molar-refractivity contribution in [3.63, 3.8) is 0 Å². The number of nitro groups is 1. The Kier molecular flexibility index (Phi) is 2.68. The number of aromatic nitrogens is 1. The van der Waals surface area contributed by atoms with Gasteiger partial charge in [-0.05, 0) is 13.0 Å². The van der Waals surface area contributed by atoms with Crippen LogP contribution in [0.1, 0.15) is 12.1 Å². The van der Waals surface area contributed by atoms with Gasteiger partial charge in [-0.3, -0.25) is 10.1 Å². The summed E-state index contributed by atoms with van der Waals surface area (Å²) in [5.41, 5.74) is 0.141. The molecule has 1 aliphatic heterocycles. The summed E-state index contributed by atoms with van der Waals surface area (Å²) in [5.74, 6) is -2.33. The number of pyridine rings is 1. The minimum absolute atomic E-state index is 0.0975. The molecule has 1 fully saturated rings. The Hall–Kier alpha value is -1.79. The first-order valence-electron chi connectivity index (χ1n) is 5.14. The molecule has 0 aliphatic carbocycles. The average molecular weight is 243 g/mol. The van der Waals surface area contributed by atoms with E-state index in [1.165, 1.54) is 24.0 Å². The second-order valence-corrected chi connectivity index (χ2v) is 4.06. The molecule has 2 heterocycles. The van der Waals surface area contributed by atoms with Crippen LogP contribution in [-0.2, 0) is 0 Å². The summed E-state index contributed by atoms with van der Waals surface area (Å²) >= 11 is 0.